The van der Waals surface area contributed by atoms with Crippen molar-refractivity contribution < 1.29 is 13.2 Å². The van der Waals surface area contributed by atoms with Gasteiger partial charge < -0.3 is 4.74 Å². The topological polar surface area (TPSA) is 43.4 Å². The first-order chi connectivity index (χ1) is 7.76. The van der Waals surface area contributed by atoms with Crippen molar-refractivity contribution >= 4 is 19.7 Å². The predicted octanol–water partition coefficient (Wildman–Crippen LogP) is 3.20. The van der Waals surface area contributed by atoms with Gasteiger partial charge in [0.15, 0.2) is 0 Å². The van der Waals surface area contributed by atoms with E-state index in [0.717, 1.165) is 16.9 Å². The van der Waals surface area contributed by atoms with Crippen LogP contribution in [-0.2, 0) is 14.8 Å². The Kier molecular flexibility index (Phi) is 4.44. The molecule has 0 unspecified atom stereocenters. The largest absolute Gasteiger partial charge is 0.496 e. The molecule has 1 aromatic rings. The minimum Gasteiger partial charge on any atom is -0.496 e. The fourth-order valence-electron chi connectivity index (χ4n) is 1.96. The second-order valence-corrected chi connectivity index (χ2v) is 7.10. The molecule has 0 atom stereocenters. The Balaban J connectivity index is 3.40. The average Bonchev–Trinajstić information content (AvgIpc) is 2.17. The van der Waals surface area contributed by atoms with Crippen LogP contribution in [0.15, 0.2) is 12.1 Å². The molecule has 0 bridgehead atoms. The van der Waals surface area contributed by atoms with Gasteiger partial charge in [0.2, 0.25) is 9.05 Å². The Bertz CT molecular complexity index is 507. The van der Waals surface area contributed by atoms with Crippen LogP contribution in [0.25, 0.3) is 0 Å². The average molecular weight is 277 g/mol. The summed E-state index contributed by atoms with van der Waals surface area (Å²) in [5, 5.41) is 0. The van der Waals surface area contributed by atoms with Gasteiger partial charge in [-0.25, -0.2) is 8.42 Å². The van der Waals surface area contributed by atoms with Gasteiger partial charge in [-0.2, -0.15) is 0 Å². The van der Waals surface area contributed by atoms with Gasteiger partial charge in [0.25, 0.3) is 0 Å². The van der Waals surface area contributed by atoms with Crippen molar-refractivity contribution in [2.75, 3.05) is 7.11 Å². The molecule has 17 heavy (non-hydrogen) atoms. The second kappa shape index (κ2) is 5.27. The summed E-state index contributed by atoms with van der Waals surface area (Å²) in [6.07, 6.45) is 0. The highest BCUT2D eigenvalue weighted by Crippen LogP contribution is 2.34. The molecule has 0 aliphatic rings. The molecule has 0 amide bonds. The van der Waals surface area contributed by atoms with E-state index in [-0.39, 0.29) is 11.7 Å². The van der Waals surface area contributed by atoms with E-state index in [1.165, 1.54) is 0 Å². The Labute approximate surface area is 107 Å². The molecular formula is C12H17ClO3S. The van der Waals surface area contributed by atoms with E-state index >= 15 is 0 Å². The van der Waals surface area contributed by atoms with Crippen LogP contribution in [0.5, 0.6) is 5.75 Å². The number of halogens is 1. The third-order valence-corrected chi connectivity index (χ3v) is 3.58. The Hall–Kier alpha value is -0.740. The molecule has 1 aromatic carbocycles. The summed E-state index contributed by atoms with van der Waals surface area (Å²) < 4.78 is 27.7. The molecule has 0 aromatic heterocycles. The first-order valence-corrected chi connectivity index (χ1v) is 7.82. The van der Waals surface area contributed by atoms with Gasteiger partial charge in [0.1, 0.15) is 5.75 Å². The molecule has 0 N–H and O–H groups in total. The highest BCUT2D eigenvalue weighted by Gasteiger charge is 2.18. The smallest absolute Gasteiger partial charge is 0.236 e. The number of aryl methyl sites for hydroxylation is 1. The number of ether oxygens (including phenoxy) is 1. The molecule has 5 heteroatoms. The minimum atomic E-state index is -3.55. The van der Waals surface area contributed by atoms with Crippen LogP contribution in [0.3, 0.4) is 0 Å². The van der Waals surface area contributed by atoms with Crippen molar-refractivity contribution in [3.05, 3.63) is 28.8 Å². The number of hydrogen-bond donors (Lipinski definition) is 0. The van der Waals surface area contributed by atoms with Crippen molar-refractivity contribution in [3.8, 4) is 5.75 Å². The fraction of sp³-hybridized carbons (Fsp3) is 0.500. The van der Waals surface area contributed by atoms with Gasteiger partial charge >= 0.3 is 0 Å². The minimum absolute atomic E-state index is 0.168. The van der Waals surface area contributed by atoms with E-state index in [1.807, 2.05) is 26.8 Å². The van der Waals surface area contributed by atoms with Gasteiger partial charge in [-0.3, -0.25) is 0 Å². The molecule has 0 saturated carbocycles. The third-order valence-electron chi connectivity index (χ3n) is 2.59. The number of rotatable bonds is 4. The second-order valence-electron chi connectivity index (χ2n) is 4.33. The van der Waals surface area contributed by atoms with Gasteiger partial charge in [0, 0.05) is 16.2 Å². The van der Waals surface area contributed by atoms with Crippen molar-refractivity contribution in [3.63, 3.8) is 0 Å². The van der Waals surface area contributed by atoms with Crippen molar-refractivity contribution in [1.29, 1.82) is 0 Å². The summed E-state index contributed by atoms with van der Waals surface area (Å²) in [5.74, 6) is 0.759. The van der Waals surface area contributed by atoms with Gasteiger partial charge in [0.05, 0.1) is 12.9 Å². The zero-order chi connectivity index (χ0) is 13.2. The maximum atomic E-state index is 11.2. The molecule has 0 heterocycles. The van der Waals surface area contributed by atoms with Crippen LogP contribution in [-0.4, -0.2) is 15.5 Å². The quantitative estimate of drug-likeness (QED) is 0.793. The van der Waals surface area contributed by atoms with E-state index < -0.39 is 9.05 Å². The SMILES string of the molecule is COc1c(C)ccc(CS(=O)(=O)Cl)c1C(C)C. The van der Waals surface area contributed by atoms with Crippen LogP contribution in [0.4, 0.5) is 0 Å². The highest BCUT2D eigenvalue weighted by atomic mass is 35.7. The van der Waals surface area contributed by atoms with Crippen molar-refractivity contribution in [1.82, 2.24) is 0 Å². The molecule has 0 spiro atoms. The molecular weight excluding hydrogens is 260 g/mol. The summed E-state index contributed by atoms with van der Waals surface area (Å²) in [4.78, 5) is 0. The lowest BCUT2D eigenvalue weighted by Gasteiger charge is -2.18. The maximum Gasteiger partial charge on any atom is 0.236 e. The lowest BCUT2D eigenvalue weighted by atomic mass is 9.94. The van der Waals surface area contributed by atoms with Gasteiger partial charge in [-0.15, -0.1) is 0 Å². The summed E-state index contributed by atoms with van der Waals surface area (Å²) in [6.45, 7) is 5.94. The molecule has 1 rings (SSSR count). The molecule has 0 radical (unpaired) electrons. The first kappa shape index (κ1) is 14.3. The van der Waals surface area contributed by atoms with Crippen LogP contribution in [0.1, 0.15) is 36.5 Å². The Morgan fingerprint density at radius 2 is 1.94 bits per heavy atom. The van der Waals surface area contributed by atoms with Crippen molar-refractivity contribution in [2.24, 2.45) is 0 Å². The predicted molar refractivity (Wildman–Crippen MR) is 70.3 cm³/mol. The van der Waals surface area contributed by atoms with Crippen LogP contribution >= 0.6 is 10.7 Å². The number of hydrogen-bond acceptors (Lipinski definition) is 3. The van der Waals surface area contributed by atoms with E-state index in [9.17, 15) is 8.42 Å². The number of methoxy groups -OCH3 is 1. The summed E-state index contributed by atoms with van der Waals surface area (Å²) in [6, 6.07) is 3.65. The zero-order valence-electron chi connectivity index (χ0n) is 10.5. The summed E-state index contributed by atoms with van der Waals surface area (Å²) in [5.41, 5.74) is 2.61. The normalized spacial score (nSPS) is 11.9. The number of benzene rings is 1. The molecule has 3 nitrogen and oxygen atoms in total. The van der Waals surface area contributed by atoms with Crippen LogP contribution in [0.2, 0.25) is 0 Å². The van der Waals surface area contributed by atoms with Crippen LogP contribution < -0.4 is 4.74 Å². The molecule has 0 aliphatic carbocycles. The van der Waals surface area contributed by atoms with Crippen molar-refractivity contribution in [2.45, 2.75) is 32.4 Å². The van der Waals surface area contributed by atoms with E-state index in [1.54, 1.807) is 13.2 Å². The molecule has 96 valence electrons. The Morgan fingerprint density at radius 3 is 2.35 bits per heavy atom. The van der Waals surface area contributed by atoms with Gasteiger partial charge in [-0.05, 0) is 24.0 Å². The standard InChI is InChI=1S/C12H17ClO3S/c1-8(2)11-10(7-17(13,14)15)6-5-9(3)12(11)16-4/h5-6,8H,7H2,1-4H3. The third kappa shape index (κ3) is 3.61. The summed E-state index contributed by atoms with van der Waals surface area (Å²) >= 11 is 0. The van der Waals surface area contributed by atoms with E-state index in [0.29, 0.717) is 5.56 Å². The monoisotopic (exact) mass is 276 g/mol. The van der Waals surface area contributed by atoms with Crippen LogP contribution in [0, 0.1) is 6.92 Å². The molecule has 0 fully saturated rings. The Morgan fingerprint density at radius 1 is 1.35 bits per heavy atom. The first-order valence-electron chi connectivity index (χ1n) is 5.35. The van der Waals surface area contributed by atoms with Gasteiger partial charge in [-0.1, -0.05) is 26.0 Å². The molecule has 0 aliphatic heterocycles. The fourth-order valence-corrected chi connectivity index (χ4v) is 2.94. The maximum absolute atomic E-state index is 11.2. The highest BCUT2D eigenvalue weighted by molar-refractivity contribution is 8.13. The van der Waals surface area contributed by atoms with E-state index in [2.05, 4.69) is 0 Å². The zero-order valence-corrected chi connectivity index (χ0v) is 12.0. The van der Waals surface area contributed by atoms with E-state index in [4.69, 9.17) is 15.4 Å². The molecule has 0 saturated heterocycles. The lowest BCUT2D eigenvalue weighted by molar-refractivity contribution is 0.404. The summed E-state index contributed by atoms with van der Waals surface area (Å²) in [7, 11) is 3.35. The lowest BCUT2D eigenvalue weighted by Crippen LogP contribution is -2.05.